The Morgan fingerprint density at radius 1 is 0.875 bits per heavy atom. The molecule has 0 spiro atoms. The number of pyridine rings is 1. The van der Waals surface area contributed by atoms with Crippen LogP contribution in [-0.4, -0.2) is 81.8 Å². The summed E-state index contributed by atoms with van der Waals surface area (Å²) in [5, 5.41) is 2.38. The summed E-state index contributed by atoms with van der Waals surface area (Å²) in [5.41, 5.74) is 0.649. The second-order valence-corrected chi connectivity index (χ2v) is 8.72. The van der Waals surface area contributed by atoms with Gasteiger partial charge in [0.05, 0.1) is 0 Å². The molecular weight excluding hydrogens is 426 g/mol. The molecule has 8 nitrogen and oxygen atoms in total. The van der Waals surface area contributed by atoms with Gasteiger partial charge in [0.25, 0.3) is 11.8 Å². The van der Waals surface area contributed by atoms with Gasteiger partial charge in [0.1, 0.15) is 5.75 Å². The summed E-state index contributed by atoms with van der Waals surface area (Å²) in [6.45, 7) is 4.46. The molecule has 4 heterocycles. The van der Waals surface area contributed by atoms with E-state index in [1.807, 2.05) is 27.3 Å². The zero-order valence-corrected chi connectivity index (χ0v) is 18.3. The standard InChI is InChI=1S/C23H23N5O3S/c29-22(17-4-6-19(7-5-17)31-20-3-1-2-8-24-20)28-15-18(16-28)26-10-12-27(13-11-26)23(30)21-25-9-14-32-21/h1-9,14,18H,10-13,15-16H2. The Morgan fingerprint density at radius 2 is 1.66 bits per heavy atom. The molecule has 9 heteroatoms. The van der Waals surface area contributed by atoms with Crippen LogP contribution in [0.15, 0.2) is 60.2 Å². The summed E-state index contributed by atoms with van der Waals surface area (Å²) >= 11 is 1.38. The number of thiazole rings is 1. The molecule has 0 atom stereocenters. The minimum atomic E-state index is 0.0144. The SMILES string of the molecule is O=C(c1ccc(Oc2ccccn2)cc1)N1CC(N2CCN(C(=O)c3nccs3)CC2)C1. The lowest BCUT2D eigenvalue weighted by Crippen LogP contribution is -2.64. The van der Waals surface area contributed by atoms with Gasteiger partial charge in [-0.2, -0.15) is 0 Å². The molecule has 0 unspecified atom stereocenters. The van der Waals surface area contributed by atoms with Crippen molar-refractivity contribution in [1.82, 2.24) is 24.7 Å². The van der Waals surface area contributed by atoms with Crippen molar-refractivity contribution in [3.05, 3.63) is 70.8 Å². The second-order valence-electron chi connectivity index (χ2n) is 7.82. The van der Waals surface area contributed by atoms with E-state index in [1.165, 1.54) is 11.3 Å². The van der Waals surface area contributed by atoms with Crippen LogP contribution in [0.3, 0.4) is 0 Å². The van der Waals surface area contributed by atoms with Crippen LogP contribution in [0.4, 0.5) is 0 Å². The van der Waals surface area contributed by atoms with Crippen molar-refractivity contribution in [2.45, 2.75) is 6.04 Å². The Morgan fingerprint density at radius 3 is 2.31 bits per heavy atom. The zero-order chi connectivity index (χ0) is 21.9. The second kappa shape index (κ2) is 9.05. The number of rotatable bonds is 5. The molecule has 2 aliphatic heterocycles. The maximum atomic E-state index is 12.8. The summed E-state index contributed by atoms with van der Waals surface area (Å²) in [6.07, 6.45) is 3.33. The molecular formula is C23H23N5O3S. The van der Waals surface area contributed by atoms with Gasteiger partial charge in [-0.05, 0) is 30.3 Å². The summed E-state index contributed by atoms with van der Waals surface area (Å²) in [5.74, 6) is 1.21. The lowest BCUT2D eigenvalue weighted by Gasteiger charge is -2.48. The third-order valence-corrected chi connectivity index (χ3v) is 6.61. The number of carbonyl (C=O) groups is 2. The van der Waals surface area contributed by atoms with Crippen LogP contribution in [0, 0.1) is 0 Å². The smallest absolute Gasteiger partial charge is 0.282 e. The first-order valence-corrected chi connectivity index (χ1v) is 11.5. The van der Waals surface area contributed by atoms with E-state index >= 15 is 0 Å². The lowest BCUT2D eigenvalue weighted by atomic mass is 10.0. The molecule has 0 radical (unpaired) electrons. The largest absolute Gasteiger partial charge is 0.439 e. The van der Waals surface area contributed by atoms with Crippen molar-refractivity contribution in [3.8, 4) is 11.6 Å². The van der Waals surface area contributed by atoms with Gasteiger partial charge in [-0.15, -0.1) is 11.3 Å². The average molecular weight is 450 g/mol. The van der Waals surface area contributed by atoms with E-state index in [1.54, 1.807) is 42.7 Å². The third kappa shape index (κ3) is 4.35. The summed E-state index contributed by atoms with van der Waals surface area (Å²) < 4.78 is 5.69. The van der Waals surface area contributed by atoms with Crippen molar-refractivity contribution in [3.63, 3.8) is 0 Å². The van der Waals surface area contributed by atoms with E-state index in [0.29, 0.717) is 54.4 Å². The number of nitrogens with zero attached hydrogens (tertiary/aromatic N) is 5. The Hall–Kier alpha value is -3.30. The predicted octanol–water partition coefficient (Wildman–Crippen LogP) is 2.61. The van der Waals surface area contributed by atoms with E-state index in [-0.39, 0.29) is 11.8 Å². The molecule has 0 N–H and O–H groups in total. The van der Waals surface area contributed by atoms with E-state index < -0.39 is 0 Å². The van der Waals surface area contributed by atoms with Crippen molar-refractivity contribution < 1.29 is 14.3 Å². The number of hydrogen-bond donors (Lipinski definition) is 0. The average Bonchev–Trinajstić information content (AvgIpc) is 3.34. The minimum absolute atomic E-state index is 0.0144. The van der Waals surface area contributed by atoms with Crippen LogP contribution in [0.2, 0.25) is 0 Å². The number of ether oxygens (including phenoxy) is 1. The number of carbonyl (C=O) groups excluding carboxylic acids is 2. The van der Waals surface area contributed by atoms with Gasteiger partial charge in [-0.1, -0.05) is 6.07 Å². The Bertz CT molecular complexity index is 1060. The van der Waals surface area contributed by atoms with Crippen LogP contribution < -0.4 is 4.74 Å². The number of benzene rings is 1. The van der Waals surface area contributed by atoms with Gasteiger partial charge in [-0.3, -0.25) is 14.5 Å². The van der Waals surface area contributed by atoms with Gasteiger partial charge >= 0.3 is 0 Å². The van der Waals surface area contributed by atoms with Crippen molar-refractivity contribution in [1.29, 1.82) is 0 Å². The number of hydrogen-bond acceptors (Lipinski definition) is 7. The van der Waals surface area contributed by atoms with Gasteiger partial charge < -0.3 is 14.5 Å². The topological polar surface area (TPSA) is 78.9 Å². The maximum Gasteiger partial charge on any atom is 0.282 e. The molecule has 2 saturated heterocycles. The molecule has 5 rings (SSSR count). The number of likely N-dealkylation sites (tertiary alicyclic amines) is 1. The molecule has 0 bridgehead atoms. The molecule has 3 aromatic rings. The highest BCUT2D eigenvalue weighted by Gasteiger charge is 2.37. The molecule has 0 aliphatic carbocycles. The zero-order valence-electron chi connectivity index (χ0n) is 17.5. The fourth-order valence-electron chi connectivity index (χ4n) is 3.98. The lowest BCUT2D eigenvalue weighted by molar-refractivity contribution is 0.00853. The molecule has 2 fully saturated rings. The van der Waals surface area contributed by atoms with E-state index in [9.17, 15) is 9.59 Å². The number of aromatic nitrogens is 2. The van der Waals surface area contributed by atoms with Gasteiger partial charge in [-0.25, -0.2) is 9.97 Å². The predicted molar refractivity (Wildman–Crippen MR) is 120 cm³/mol. The first-order valence-electron chi connectivity index (χ1n) is 10.6. The summed E-state index contributed by atoms with van der Waals surface area (Å²) in [6, 6.07) is 13.0. The highest BCUT2D eigenvalue weighted by molar-refractivity contribution is 7.11. The highest BCUT2D eigenvalue weighted by Crippen LogP contribution is 2.23. The Balaban J connectivity index is 1.09. The molecule has 164 valence electrons. The van der Waals surface area contributed by atoms with E-state index in [0.717, 1.165) is 13.1 Å². The first-order chi connectivity index (χ1) is 15.7. The van der Waals surface area contributed by atoms with Crippen molar-refractivity contribution in [2.75, 3.05) is 39.3 Å². The highest BCUT2D eigenvalue weighted by atomic mass is 32.1. The Kier molecular flexibility index (Phi) is 5.83. The monoisotopic (exact) mass is 449 g/mol. The van der Waals surface area contributed by atoms with E-state index in [2.05, 4.69) is 14.9 Å². The fraction of sp³-hybridized carbons (Fsp3) is 0.304. The first kappa shape index (κ1) is 20.6. The molecule has 0 saturated carbocycles. The molecule has 2 aliphatic rings. The quantitative estimate of drug-likeness (QED) is 0.596. The van der Waals surface area contributed by atoms with Crippen molar-refractivity contribution in [2.24, 2.45) is 0 Å². The number of amides is 2. The van der Waals surface area contributed by atoms with Crippen LogP contribution in [0.25, 0.3) is 0 Å². The van der Waals surface area contributed by atoms with E-state index in [4.69, 9.17) is 4.74 Å². The molecule has 2 amide bonds. The number of piperazine rings is 1. The minimum Gasteiger partial charge on any atom is -0.439 e. The molecule has 2 aromatic heterocycles. The maximum absolute atomic E-state index is 12.8. The van der Waals surface area contributed by atoms with Crippen molar-refractivity contribution >= 4 is 23.2 Å². The van der Waals surface area contributed by atoms with Crippen LogP contribution >= 0.6 is 11.3 Å². The van der Waals surface area contributed by atoms with Gasteiger partial charge in [0.2, 0.25) is 5.88 Å². The summed E-state index contributed by atoms with van der Waals surface area (Å²) in [4.78, 5) is 39.6. The fourth-order valence-corrected chi connectivity index (χ4v) is 4.59. The van der Waals surface area contributed by atoms with Crippen LogP contribution in [-0.2, 0) is 0 Å². The summed E-state index contributed by atoms with van der Waals surface area (Å²) in [7, 11) is 0. The molecule has 32 heavy (non-hydrogen) atoms. The van der Waals surface area contributed by atoms with Gasteiger partial charge in [0.15, 0.2) is 5.01 Å². The molecule has 1 aromatic carbocycles. The normalized spacial score (nSPS) is 17.1. The van der Waals surface area contributed by atoms with Crippen LogP contribution in [0.1, 0.15) is 20.2 Å². The van der Waals surface area contributed by atoms with Gasteiger partial charge in [0, 0.05) is 74.7 Å². The third-order valence-electron chi connectivity index (χ3n) is 5.84. The Labute approximate surface area is 190 Å². The van der Waals surface area contributed by atoms with Crippen LogP contribution in [0.5, 0.6) is 11.6 Å².